The molecule has 0 aromatic carbocycles. The summed E-state index contributed by atoms with van der Waals surface area (Å²) in [6.45, 7) is 2.39. The highest BCUT2D eigenvalue weighted by atomic mass is 16.1. The number of nitrogens with one attached hydrogen (secondary N) is 1. The van der Waals surface area contributed by atoms with Gasteiger partial charge in [0.25, 0.3) is 5.91 Å². The van der Waals surface area contributed by atoms with E-state index < -0.39 is 0 Å². The summed E-state index contributed by atoms with van der Waals surface area (Å²) in [5.41, 5.74) is 2.42. The van der Waals surface area contributed by atoms with Crippen molar-refractivity contribution in [3.8, 4) is 0 Å². The molecule has 4 heteroatoms. The van der Waals surface area contributed by atoms with Crippen LogP contribution < -0.4 is 5.32 Å². The highest BCUT2D eigenvalue weighted by Crippen LogP contribution is 2.01. The number of carbonyl (C=O) groups excluding carboxylic acids is 1. The molecule has 0 spiro atoms. The van der Waals surface area contributed by atoms with E-state index in [1.807, 2.05) is 25.1 Å². The van der Waals surface area contributed by atoms with Gasteiger partial charge in [0.15, 0.2) is 0 Å². The Morgan fingerprint density at radius 2 is 2.24 bits per heavy atom. The molecule has 4 nitrogen and oxygen atoms in total. The van der Waals surface area contributed by atoms with Crippen molar-refractivity contribution in [1.82, 2.24) is 15.3 Å². The molecule has 17 heavy (non-hydrogen) atoms. The zero-order valence-corrected chi connectivity index (χ0v) is 9.55. The van der Waals surface area contributed by atoms with Gasteiger partial charge in [0, 0.05) is 25.1 Å². The second-order valence-corrected chi connectivity index (χ2v) is 3.76. The van der Waals surface area contributed by atoms with Crippen LogP contribution in [0.2, 0.25) is 0 Å². The van der Waals surface area contributed by atoms with E-state index in [0.29, 0.717) is 12.2 Å². The average molecular weight is 227 g/mol. The summed E-state index contributed by atoms with van der Waals surface area (Å²) >= 11 is 0. The minimum atomic E-state index is -0.169. The van der Waals surface area contributed by atoms with E-state index in [2.05, 4.69) is 15.3 Å². The third-order valence-electron chi connectivity index (χ3n) is 2.32. The van der Waals surface area contributed by atoms with Gasteiger partial charge in [-0.3, -0.25) is 14.8 Å². The number of amides is 1. The van der Waals surface area contributed by atoms with Crippen molar-refractivity contribution in [3.05, 3.63) is 59.7 Å². The summed E-state index contributed by atoms with van der Waals surface area (Å²) in [6, 6.07) is 7.37. The minimum Gasteiger partial charge on any atom is -0.347 e. The topological polar surface area (TPSA) is 54.9 Å². The number of rotatable bonds is 3. The lowest BCUT2D eigenvalue weighted by molar-refractivity contribution is 0.0946. The van der Waals surface area contributed by atoms with Crippen LogP contribution in [-0.2, 0) is 6.54 Å². The number of nitrogens with zero attached hydrogens (tertiary/aromatic N) is 2. The van der Waals surface area contributed by atoms with Gasteiger partial charge in [-0.05, 0) is 36.2 Å². The largest absolute Gasteiger partial charge is 0.347 e. The molecule has 0 aliphatic rings. The number of pyridine rings is 2. The molecule has 2 rings (SSSR count). The first kappa shape index (κ1) is 11.3. The van der Waals surface area contributed by atoms with Gasteiger partial charge in [-0.2, -0.15) is 0 Å². The third kappa shape index (κ3) is 3.11. The molecule has 0 aliphatic carbocycles. The molecule has 0 saturated heterocycles. The first-order valence-corrected chi connectivity index (χ1v) is 5.35. The zero-order chi connectivity index (χ0) is 12.1. The maximum atomic E-state index is 11.8. The molecule has 0 aliphatic heterocycles. The van der Waals surface area contributed by atoms with Gasteiger partial charge in [-0.15, -0.1) is 0 Å². The maximum absolute atomic E-state index is 11.8. The van der Waals surface area contributed by atoms with Crippen molar-refractivity contribution >= 4 is 5.91 Å². The molecule has 1 amide bonds. The van der Waals surface area contributed by atoms with E-state index in [4.69, 9.17) is 0 Å². The van der Waals surface area contributed by atoms with E-state index >= 15 is 0 Å². The zero-order valence-electron chi connectivity index (χ0n) is 9.55. The van der Waals surface area contributed by atoms with Crippen LogP contribution in [0.1, 0.15) is 21.6 Å². The number of aromatic nitrogens is 2. The van der Waals surface area contributed by atoms with E-state index in [1.165, 1.54) is 0 Å². The van der Waals surface area contributed by atoms with E-state index in [1.54, 1.807) is 24.7 Å². The lowest BCUT2D eigenvalue weighted by Gasteiger charge is -2.04. The molecule has 86 valence electrons. The fraction of sp³-hybridized carbons (Fsp3) is 0.154. The molecule has 0 saturated carbocycles. The number of hydrogen-bond donors (Lipinski definition) is 1. The van der Waals surface area contributed by atoms with E-state index in [0.717, 1.165) is 11.1 Å². The highest BCUT2D eigenvalue weighted by Gasteiger charge is 2.06. The lowest BCUT2D eigenvalue weighted by Crippen LogP contribution is -2.23. The smallest absolute Gasteiger partial charge is 0.270 e. The molecule has 2 aromatic rings. The van der Waals surface area contributed by atoms with Gasteiger partial charge in [0.2, 0.25) is 0 Å². The van der Waals surface area contributed by atoms with Crippen LogP contribution in [0.5, 0.6) is 0 Å². The molecule has 0 unspecified atom stereocenters. The summed E-state index contributed by atoms with van der Waals surface area (Å²) in [5, 5.41) is 2.80. The number of carbonyl (C=O) groups is 1. The van der Waals surface area contributed by atoms with Crippen LogP contribution in [0.15, 0.2) is 42.9 Å². The average Bonchev–Trinajstić information content (AvgIpc) is 2.37. The van der Waals surface area contributed by atoms with Crippen LogP contribution in [0.4, 0.5) is 0 Å². The molecule has 0 radical (unpaired) electrons. The predicted molar refractivity (Wildman–Crippen MR) is 64.4 cm³/mol. The highest BCUT2D eigenvalue weighted by molar-refractivity contribution is 5.92. The summed E-state index contributed by atoms with van der Waals surface area (Å²) in [4.78, 5) is 19.8. The molecule has 0 bridgehead atoms. The van der Waals surface area contributed by atoms with Crippen LogP contribution in [0.25, 0.3) is 0 Å². The Morgan fingerprint density at radius 3 is 2.94 bits per heavy atom. The predicted octanol–water partition coefficient (Wildman–Crippen LogP) is 1.72. The fourth-order valence-corrected chi connectivity index (χ4v) is 1.44. The number of aryl methyl sites for hydroxylation is 1. The molecular weight excluding hydrogens is 214 g/mol. The molecule has 2 heterocycles. The Hall–Kier alpha value is -2.23. The Balaban J connectivity index is 1.98. The van der Waals surface area contributed by atoms with Crippen molar-refractivity contribution in [2.45, 2.75) is 13.5 Å². The van der Waals surface area contributed by atoms with Gasteiger partial charge >= 0.3 is 0 Å². The van der Waals surface area contributed by atoms with E-state index in [-0.39, 0.29) is 5.91 Å². The van der Waals surface area contributed by atoms with Crippen LogP contribution in [0.3, 0.4) is 0 Å². The SMILES string of the molecule is Cc1ccnc(C(=O)NCc2cccnc2)c1. The van der Waals surface area contributed by atoms with Crippen molar-refractivity contribution < 1.29 is 4.79 Å². The minimum absolute atomic E-state index is 0.169. The lowest BCUT2D eigenvalue weighted by atomic mass is 10.2. The van der Waals surface area contributed by atoms with Crippen LogP contribution in [0, 0.1) is 6.92 Å². The Kier molecular flexibility index (Phi) is 3.45. The van der Waals surface area contributed by atoms with Gasteiger partial charge in [-0.1, -0.05) is 6.07 Å². The molecule has 0 atom stereocenters. The van der Waals surface area contributed by atoms with Crippen molar-refractivity contribution in [3.63, 3.8) is 0 Å². The van der Waals surface area contributed by atoms with Gasteiger partial charge in [0.05, 0.1) is 0 Å². The second kappa shape index (κ2) is 5.21. The summed E-state index contributed by atoms with van der Waals surface area (Å²) in [6.07, 6.45) is 5.06. The Labute approximate surface area is 99.7 Å². The molecule has 2 aromatic heterocycles. The fourth-order valence-electron chi connectivity index (χ4n) is 1.44. The first-order valence-electron chi connectivity index (χ1n) is 5.35. The normalized spacial score (nSPS) is 9.94. The molecule has 0 fully saturated rings. The summed E-state index contributed by atoms with van der Waals surface area (Å²) in [5.74, 6) is -0.169. The van der Waals surface area contributed by atoms with Crippen molar-refractivity contribution in [1.29, 1.82) is 0 Å². The van der Waals surface area contributed by atoms with Gasteiger partial charge < -0.3 is 5.32 Å². The van der Waals surface area contributed by atoms with Crippen molar-refractivity contribution in [2.24, 2.45) is 0 Å². The first-order chi connectivity index (χ1) is 8.25. The van der Waals surface area contributed by atoms with Gasteiger partial charge in [-0.25, -0.2) is 0 Å². The van der Waals surface area contributed by atoms with E-state index in [9.17, 15) is 4.79 Å². The quantitative estimate of drug-likeness (QED) is 0.868. The Bertz CT molecular complexity index is 511. The third-order valence-corrected chi connectivity index (χ3v) is 2.32. The van der Waals surface area contributed by atoms with Gasteiger partial charge in [0.1, 0.15) is 5.69 Å². The summed E-state index contributed by atoms with van der Waals surface area (Å²) < 4.78 is 0. The number of hydrogen-bond acceptors (Lipinski definition) is 3. The Morgan fingerprint density at radius 1 is 1.35 bits per heavy atom. The van der Waals surface area contributed by atoms with Crippen molar-refractivity contribution in [2.75, 3.05) is 0 Å². The standard InChI is InChI=1S/C13H13N3O/c1-10-4-6-15-12(7-10)13(17)16-9-11-3-2-5-14-8-11/h2-8H,9H2,1H3,(H,16,17). The van der Waals surface area contributed by atoms with Crippen LogP contribution >= 0.6 is 0 Å². The summed E-state index contributed by atoms with van der Waals surface area (Å²) in [7, 11) is 0. The second-order valence-electron chi connectivity index (χ2n) is 3.76. The van der Waals surface area contributed by atoms with Crippen LogP contribution in [-0.4, -0.2) is 15.9 Å². The molecule has 1 N–H and O–H groups in total. The monoisotopic (exact) mass is 227 g/mol. The maximum Gasteiger partial charge on any atom is 0.270 e. The molecular formula is C13H13N3O.